The first-order valence-electron chi connectivity index (χ1n) is 7.17. The maximum Gasteiger partial charge on any atom is 0.258 e. The van der Waals surface area contributed by atoms with Gasteiger partial charge >= 0.3 is 0 Å². The lowest BCUT2D eigenvalue weighted by molar-refractivity contribution is 0.0996. The zero-order valence-electron chi connectivity index (χ0n) is 11.8. The summed E-state index contributed by atoms with van der Waals surface area (Å²) >= 11 is 1.73. The summed E-state index contributed by atoms with van der Waals surface area (Å²) in [5.74, 6) is 0.120. The number of hydrogen-bond donors (Lipinski definition) is 0. The van der Waals surface area contributed by atoms with Gasteiger partial charge in [0.2, 0.25) is 0 Å². The molecule has 0 bridgehead atoms. The van der Waals surface area contributed by atoms with Crippen LogP contribution in [-0.4, -0.2) is 5.91 Å². The first kappa shape index (κ1) is 12.6. The van der Waals surface area contributed by atoms with Crippen LogP contribution in [0.4, 0.5) is 5.69 Å². The van der Waals surface area contributed by atoms with E-state index in [-0.39, 0.29) is 5.91 Å². The van der Waals surface area contributed by atoms with E-state index >= 15 is 0 Å². The fourth-order valence-corrected chi connectivity index (χ4v) is 3.67. The molecule has 0 atom stereocenters. The molecular formula is C18H15NOS. The molecule has 0 radical (unpaired) electrons. The first-order chi connectivity index (χ1) is 10.3. The third-order valence-corrected chi connectivity index (χ3v) is 5.03. The third-order valence-electron chi connectivity index (χ3n) is 4.13. The van der Waals surface area contributed by atoms with Crippen LogP contribution in [0.25, 0.3) is 10.1 Å². The Hall–Kier alpha value is -2.13. The van der Waals surface area contributed by atoms with Crippen LogP contribution in [0.5, 0.6) is 0 Å². The van der Waals surface area contributed by atoms with Crippen LogP contribution in [0, 0.1) is 0 Å². The molecule has 2 aromatic carbocycles. The lowest BCUT2D eigenvalue weighted by atomic mass is 10.0. The largest absolute Gasteiger partial charge is 0.304 e. The second kappa shape index (κ2) is 4.71. The number of benzene rings is 2. The molecule has 0 saturated carbocycles. The molecule has 0 unspecified atom stereocenters. The van der Waals surface area contributed by atoms with E-state index in [0.29, 0.717) is 6.54 Å². The van der Waals surface area contributed by atoms with Gasteiger partial charge in [-0.3, -0.25) is 4.79 Å². The number of hydrogen-bond acceptors (Lipinski definition) is 2. The number of carbonyl (C=O) groups is 1. The molecule has 2 heterocycles. The van der Waals surface area contributed by atoms with Gasteiger partial charge in [-0.25, -0.2) is 0 Å². The van der Waals surface area contributed by atoms with Gasteiger partial charge < -0.3 is 4.90 Å². The number of rotatable bonds is 2. The zero-order valence-corrected chi connectivity index (χ0v) is 12.6. The topological polar surface area (TPSA) is 20.3 Å². The van der Waals surface area contributed by atoms with Gasteiger partial charge in [0.25, 0.3) is 5.91 Å². The molecule has 3 aromatic rings. The van der Waals surface area contributed by atoms with Crippen molar-refractivity contribution in [2.75, 3.05) is 4.90 Å². The Bertz CT molecular complexity index is 849. The maximum absolute atomic E-state index is 12.7. The first-order valence-corrected chi connectivity index (χ1v) is 8.05. The van der Waals surface area contributed by atoms with E-state index in [0.717, 1.165) is 23.2 Å². The quantitative estimate of drug-likeness (QED) is 0.675. The van der Waals surface area contributed by atoms with Gasteiger partial charge in [0.15, 0.2) is 0 Å². The smallest absolute Gasteiger partial charge is 0.258 e. The Labute approximate surface area is 127 Å². The minimum Gasteiger partial charge on any atom is -0.304 e. The van der Waals surface area contributed by atoms with Gasteiger partial charge in [-0.2, -0.15) is 0 Å². The average molecular weight is 293 g/mol. The van der Waals surface area contributed by atoms with Crippen molar-refractivity contribution in [2.24, 2.45) is 0 Å². The second-order valence-corrected chi connectivity index (χ2v) is 6.33. The summed E-state index contributed by atoms with van der Waals surface area (Å²) in [5.41, 5.74) is 4.19. The van der Waals surface area contributed by atoms with Crippen molar-refractivity contribution in [3.63, 3.8) is 0 Å². The standard InChI is InChI=1S/C18H15NOS/c1-2-12-3-4-14-11-19(18(20)16(14)9-12)15-5-6-17-13(10-15)7-8-21-17/h3-10H,2,11H2,1H3. The fourth-order valence-electron chi connectivity index (χ4n) is 2.90. The fraction of sp³-hybridized carbons (Fsp3) is 0.167. The molecule has 1 aliphatic rings. The van der Waals surface area contributed by atoms with Crippen LogP contribution in [0.2, 0.25) is 0 Å². The molecule has 0 saturated heterocycles. The number of aryl methyl sites for hydroxylation is 1. The van der Waals surface area contributed by atoms with E-state index in [1.54, 1.807) is 11.3 Å². The van der Waals surface area contributed by atoms with Crippen LogP contribution in [0.3, 0.4) is 0 Å². The van der Waals surface area contributed by atoms with Crippen LogP contribution < -0.4 is 4.90 Å². The summed E-state index contributed by atoms with van der Waals surface area (Å²) in [5, 5.41) is 3.29. The molecular weight excluding hydrogens is 278 g/mol. The Morgan fingerprint density at radius 3 is 2.90 bits per heavy atom. The Balaban J connectivity index is 1.75. The molecule has 0 N–H and O–H groups in total. The summed E-state index contributed by atoms with van der Waals surface area (Å²) in [6.45, 7) is 2.79. The van der Waals surface area contributed by atoms with E-state index < -0.39 is 0 Å². The molecule has 104 valence electrons. The summed E-state index contributed by atoms with van der Waals surface area (Å²) in [6.07, 6.45) is 0.960. The van der Waals surface area contributed by atoms with Gasteiger partial charge in [-0.15, -0.1) is 11.3 Å². The van der Waals surface area contributed by atoms with Crippen molar-refractivity contribution in [3.05, 3.63) is 64.5 Å². The highest BCUT2D eigenvalue weighted by atomic mass is 32.1. The summed E-state index contributed by atoms with van der Waals surface area (Å²) in [6, 6.07) is 14.6. The average Bonchev–Trinajstić information content (AvgIpc) is 3.11. The number of fused-ring (bicyclic) bond motifs is 2. The van der Waals surface area contributed by atoms with Gasteiger partial charge in [-0.1, -0.05) is 19.1 Å². The molecule has 1 aromatic heterocycles. The normalized spacial score (nSPS) is 14.0. The Morgan fingerprint density at radius 2 is 2.05 bits per heavy atom. The predicted molar refractivity (Wildman–Crippen MR) is 88.2 cm³/mol. The highest BCUT2D eigenvalue weighted by Crippen LogP contribution is 2.32. The molecule has 0 aliphatic carbocycles. The lowest BCUT2D eigenvalue weighted by Crippen LogP contribution is -2.22. The maximum atomic E-state index is 12.7. The van der Waals surface area contributed by atoms with Crippen LogP contribution in [0.15, 0.2) is 47.8 Å². The molecule has 4 rings (SSSR count). The van der Waals surface area contributed by atoms with Crippen molar-refractivity contribution in [2.45, 2.75) is 19.9 Å². The van der Waals surface area contributed by atoms with E-state index in [1.165, 1.54) is 15.6 Å². The molecule has 2 nitrogen and oxygen atoms in total. The van der Waals surface area contributed by atoms with E-state index in [9.17, 15) is 4.79 Å². The predicted octanol–water partition coefficient (Wildman–Crippen LogP) is 4.62. The van der Waals surface area contributed by atoms with Crippen molar-refractivity contribution in [1.29, 1.82) is 0 Å². The molecule has 1 amide bonds. The highest BCUT2D eigenvalue weighted by Gasteiger charge is 2.28. The summed E-state index contributed by atoms with van der Waals surface area (Å²) < 4.78 is 1.26. The minimum atomic E-state index is 0.120. The number of carbonyl (C=O) groups excluding carboxylic acids is 1. The van der Waals surface area contributed by atoms with Crippen molar-refractivity contribution >= 4 is 33.0 Å². The minimum absolute atomic E-state index is 0.120. The molecule has 21 heavy (non-hydrogen) atoms. The van der Waals surface area contributed by atoms with Crippen LogP contribution in [0.1, 0.15) is 28.4 Å². The van der Waals surface area contributed by atoms with Crippen molar-refractivity contribution in [1.82, 2.24) is 0 Å². The summed E-state index contributed by atoms with van der Waals surface area (Å²) in [7, 11) is 0. The molecule has 3 heteroatoms. The van der Waals surface area contributed by atoms with Gasteiger partial charge in [0.05, 0.1) is 6.54 Å². The Morgan fingerprint density at radius 1 is 1.14 bits per heavy atom. The SMILES string of the molecule is CCc1ccc2c(c1)C(=O)N(c1ccc3sccc3c1)C2. The van der Waals surface area contributed by atoms with Crippen LogP contribution >= 0.6 is 11.3 Å². The van der Waals surface area contributed by atoms with Crippen molar-refractivity contribution in [3.8, 4) is 0 Å². The monoisotopic (exact) mass is 293 g/mol. The third kappa shape index (κ3) is 1.96. The van der Waals surface area contributed by atoms with E-state index in [2.05, 4.69) is 42.6 Å². The summed E-state index contributed by atoms with van der Waals surface area (Å²) in [4.78, 5) is 14.5. The molecule has 0 spiro atoms. The molecule has 0 fully saturated rings. The number of amides is 1. The second-order valence-electron chi connectivity index (χ2n) is 5.38. The van der Waals surface area contributed by atoms with Crippen molar-refractivity contribution < 1.29 is 4.79 Å². The number of anilines is 1. The van der Waals surface area contributed by atoms with Gasteiger partial charge in [-0.05, 0) is 58.6 Å². The zero-order chi connectivity index (χ0) is 14.4. The van der Waals surface area contributed by atoms with E-state index in [1.807, 2.05) is 17.0 Å². The van der Waals surface area contributed by atoms with Gasteiger partial charge in [0, 0.05) is 16.0 Å². The Kier molecular flexibility index (Phi) is 2.82. The van der Waals surface area contributed by atoms with Gasteiger partial charge in [0.1, 0.15) is 0 Å². The number of thiophene rings is 1. The van der Waals surface area contributed by atoms with E-state index in [4.69, 9.17) is 0 Å². The lowest BCUT2D eigenvalue weighted by Gasteiger charge is -2.15. The number of nitrogens with zero attached hydrogens (tertiary/aromatic N) is 1. The van der Waals surface area contributed by atoms with Crippen LogP contribution in [-0.2, 0) is 13.0 Å². The molecule has 1 aliphatic heterocycles. The highest BCUT2D eigenvalue weighted by molar-refractivity contribution is 7.17.